The molecule has 7 nitrogen and oxygen atoms in total. The fourth-order valence-electron chi connectivity index (χ4n) is 4.99. The molecule has 6 rings (SSSR count). The third-order valence-electron chi connectivity index (χ3n) is 6.80. The molecule has 36 heavy (non-hydrogen) atoms. The molecule has 0 spiro atoms. The van der Waals surface area contributed by atoms with E-state index in [4.69, 9.17) is 14.2 Å². The van der Waals surface area contributed by atoms with Crippen LogP contribution < -0.4 is 0 Å². The first-order chi connectivity index (χ1) is 17.3. The summed E-state index contributed by atoms with van der Waals surface area (Å²) >= 11 is 0. The van der Waals surface area contributed by atoms with Crippen molar-refractivity contribution in [2.45, 2.75) is 25.6 Å². The fraction of sp³-hybridized carbons (Fsp3) is 0.269. The minimum Gasteiger partial charge on any atom is -0.481 e. The van der Waals surface area contributed by atoms with E-state index in [9.17, 15) is 18.0 Å². The molecule has 1 saturated heterocycles. The molecule has 2 aromatic heterocycles. The number of carboxylic acid groups (broad SMARTS) is 1. The predicted molar refractivity (Wildman–Crippen MR) is 122 cm³/mol. The predicted octanol–water partition coefficient (Wildman–Crippen LogP) is 5.30. The van der Waals surface area contributed by atoms with E-state index in [0.717, 1.165) is 16.7 Å². The Morgan fingerprint density at radius 1 is 1.00 bits per heavy atom. The SMILES string of the molecule is O=C(O)C1CN(Cc2ccc3c(c2)CCc2c(-c4onc(-c5ccccc5)c4C(F)(F)F)noc2-3)C1. The third kappa shape index (κ3) is 3.78. The van der Waals surface area contributed by atoms with E-state index in [1.807, 2.05) is 18.2 Å². The maximum atomic E-state index is 14.1. The van der Waals surface area contributed by atoms with Gasteiger partial charge in [-0.25, -0.2) is 0 Å². The smallest absolute Gasteiger partial charge is 0.422 e. The second-order valence-electron chi connectivity index (χ2n) is 9.16. The van der Waals surface area contributed by atoms with Crippen molar-refractivity contribution in [2.24, 2.45) is 5.92 Å². The molecule has 0 radical (unpaired) electrons. The van der Waals surface area contributed by atoms with Gasteiger partial charge in [0.15, 0.2) is 11.5 Å². The van der Waals surface area contributed by atoms with Crippen molar-refractivity contribution < 1.29 is 32.1 Å². The van der Waals surface area contributed by atoms with Gasteiger partial charge in [-0.3, -0.25) is 9.69 Å². The van der Waals surface area contributed by atoms with Crippen molar-refractivity contribution in [3.8, 4) is 34.0 Å². The van der Waals surface area contributed by atoms with Crippen LogP contribution in [-0.4, -0.2) is 39.4 Å². The van der Waals surface area contributed by atoms with Gasteiger partial charge in [0.2, 0.25) is 5.76 Å². The van der Waals surface area contributed by atoms with Gasteiger partial charge in [-0.1, -0.05) is 58.8 Å². The molecule has 4 aromatic rings. The quantitative estimate of drug-likeness (QED) is 0.402. The molecule has 1 aliphatic carbocycles. The van der Waals surface area contributed by atoms with E-state index >= 15 is 0 Å². The van der Waals surface area contributed by atoms with Crippen LogP contribution in [0.2, 0.25) is 0 Å². The van der Waals surface area contributed by atoms with Gasteiger partial charge in [0.25, 0.3) is 0 Å². The Morgan fingerprint density at radius 2 is 1.72 bits per heavy atom. The van der Waals surface area contributed by atoms with E-state index in [-0.39, 0.29) is 17.3 Å². The van der Waals surface area contributed by atoms with Crippen molar-refractivity contribution in [3.05, 3.63) is 70.8 Å². The summed E-state index contributed by atoms with van der Waals surface area (Å²) in [6.45, 7) is 1.68. The number of halogens is 3. The second kappa shape index (κ2) is 8.34. The summed E-state index contributed by atoms with van der Waals surface area (Å²) in [5.41, 5.74) is 2.45. The average molecular weight is 495 g/mol. The Morgan fingerprint density at radius 3 is 2.44 bits per heavy atom. The number of aromatic nitrogens is 2. The number of benzene rings is 2. The Hall–Kier alpha value is -3.92. The molecule has 2 aliphatic rings. The highest BCUT2D eigenvalue weighted by atomic mass is 19.4. The Balaban J connectivity index is 1.33. The number of hydrogen-bond acceptors (Lipinski definition) is 6. The number of aliphatic carboxylic acids is 1. The van der Waals surface area contributed by atoms with Gasteiger partial charge >= 0.3 is 12.1 Å². The largest absolute Gasteiger partial charge is 0.481 e. The van der Waals surface area contributed by atoms with Crippen LogP contribution in [0.3, 0.4) is 0 Å². The van der Waals surface area contributed by atoms with Crippen LogP contribution in [0.4, 0.5) is 13.2 Å². The number of carboxylic acids is 1. The number of fused-ring (bicyclic) bond motifs is 3. The summed E-state index contributed by atoms with van der Waals surface area (Å²) < 4.78 is 53.2. The summed E-state index contributed by atoms with van der Waals surface area (Å²) in [6.07, 6.45) is -3.67. The van der Waals surface area contributed by atoms with Gasteiger partial charge < -0.3 is 14.2 Å². The highest BCUT2D eigenvalue weighted by Gasteiger charge is 2.43. The molecule has 1 aliphatic heterocycles. The zero-order chi connectivity index (χ0) is 25.0. The highest BCUT2D eigenvalue weighted by molar-refractivity contribution is 5.79. The van der Waals surface area contributed by atoms with Crippen LogP contribution in [0.15, 0.2) is 57.6 Å². The third-order valence-corrected chi connectivity index (χ3v) is 6.80. The topological polar surface area (TPSA) is 92.6 Å². The number of likely N-dealkylation sites (tertiary alicyclic amines) is 1. The zero-order valence-electron chi connectivity index (χ0n) is 18.9. The molecule has 3 heterocycles. The van der Waals surface area contributed by atoms with Crippen molar-refractivity contribution in [2.75, 3.05) is 13.1 Å². The summed E-state index contributed by atoms with van der Waals surface area (Å²) in [6, 6.07) is 13.9. The lowest BCUT2D eigenvalue weighted by Gasteiger charge is -2.36. The summed E-state index contributed by atoms with van der Waals surface area (Å²) in [7, 11) is 0. The lowest BCUT2D eigenvalue weighted by molar-refractivity contribution is -0.147. The number of rotatable bonds is 5. The van der Waals surface area contributed by atoms with E-state index in [1.54, 1.807) is 30.3 Å². The molecule has 2 aromatic carbocycles. The van der Waals surface area contributed by atoms with Crippen LogP contribution in [0.5, 0.6) is 0 Å². The standard InChI is InChI=1S/C26H20F3N3O4/c27-26(28,29)20-21(15-4-2-1-3-5-15)30-36-24(20)22-19-9-7-16-10-14(6-8-18(16)23(19)35-31-22)11-32-12-17(13-32)25(33)34/h1-6,8,10,17H,7,9,11-13H2,(H,33,34). The lowest BCUT2D eigenvalue weighted by atomic mass is 9.87. The maximum absolute atomic E-state index is 14.1. The van der Waals surface area contributed by atoms with Gasteiger partial charge in [-0.15, -0.1) is 0 Å². The van der Waals surface area contributed by atoms with E-state index in [0.29, 0.717) is 49.4 Å². The Labute approximate surface area is 203 Å². The number of hydrogen-bond donors (Lipinski definition) is 1. The molecule has 0 bridgehead atoms. The molecule has 0 saturated carbocycles. The van der Waals surface area contributed by atoms with Gasteiger partial charge in [0, 0.05) is 36.3 Å². The molecule has 0 amide bonds. The number of aryl methyl sites for hydroxylation is 1. The minimum atomic E-state index is -4.70. The molecular weight excluding hydrogens is 475 g/mol. The molecule has 184 valence electrons. The van der Waals surface area contributed by atoms with E-state index < -0.39 is 23.5 Å². The summed E-state index contributed by atoms with van der Waals surface area (Å²) in [5, 5.41) is 16.8. The first-order valence-corrected chi connectivity index (χ1v) is 11.5. The van der Waals surface area contributed by atoms with Crippen LogP contribution in [0.1, 0.15) is 22.3 Å². The molecule has 0 atom stereocenters. The Kier molecular flexibility index (Phi) is 5.22. The van der Waals surface area contributed by atoms with Crippen molar-refractivity contribution in [1.29, 1.82) is 0 Å². The van der Waals surface area contributed by atoms with E-state index in [1.165, 1.54) is 0 Å². The van der Waals surface area contributed by atoms with Gasteiger partial charge in [-0.2, -0.15) is 13.2 Å². The van der Waals surface area contributed by atoms with E-state index in [2.05, 4.69) is 15.2 Å². The van der Waals surface area contributed by atoms with Crippen LogP contribution in [0, 0.1) is 5.92 Å². The lowest BCUT2D eigenvalue weighted by Crippen LogP contribution is -2.49. The van der Waals surface area contributed by atoms with Gasteiger partial charge in [0.1, 0.15) is 11.3 Å². The molecule has 1 N–H and O–H groups in total. The zero-order valence-corrected chi connectivity index (χ0v) is 18.9. The molecule has 0 unspecified atom stereocenters. The number of alkyl halides is 3. The fourth-order valence-corrected chi connectivity index (χ4v) is 4.99. The molecule has 1 fully saturated rings. The number of nitrogens with zero attached hydrogens (tertiary/aromatic N) is 3. The maximum Gasteiger partial charge on any atom is 0.422 e. The van der Waals surface area contributed by atoms with Gasteiger partial charge in [-0.05, 0) is 24.0 Å². The van der Waals surface area contributed by atoms with Crippen LogP contribution in [0.25, 0.3) is 34.0 Å². The Bertz CT molecular complexity index is 1450. The second-order valence-corrected chi connectivity index (χ2v) is 9.16. The first kappa shape index (κ1) is 22.5. The molecule has 10 heteroatoms. The van der Waals surface area contributed by atoms with Crippen LogP contribution >= 0.6 is 0 Å². The van der Waals surface area contributed by atoms with Crippen molar-refractivity contribution >= 4 is 5.97 Å². The van der Waals surface area contributed by atoms with Crippen molar-refractivity contribution in [3.63, 3.8) is 0 Å². The normalized spacial score (nSPS) is 15.9. The van der Waals surface area contributed by atoms with Crippen LogP contribution in [-0.2, 0) is 30.4 Å². The average Bonchev–Trinajstić information content (AvgIpc) is 3.45. The molecular formula is C26H20F3N3O4. The monoisotopic (exact) mass is 495 g/mol. The first-order valence-electron chi connectivity index (χ1n) is 11.5. The van der Waals surface area contributed by atoms with Crippen molar-refractivity contribution in [1.82, 2.24) is 15.2 Å². The summed E-state index contributed by atoms with van der Waals surface area (Å²) in [5.74, 6) is -1.12. The summed E-state index contributed by atoms with van der Waals surface area (Å²) in [4.78, 5) is 13.1. The minimum absolute atomic E-state index is 0.0158. The van der Waals surface area contributed by atoms with Gasteiger partial charge in [0.05, 0.1) is 5.92 Å². The highest BCUT2D eigenvalue weighted by Crippen LogP contribution is 2.46. The number of carbonyl (C=O) groups is 1.